The van der Waals surface area contributed by atoms with E-state index >= 15 is 0 Å². The van der Waals surface area contributed by atoms with Crippen molar-refractivity contribution in [3.8, 4) is 0 Å². The zero-order valence-electron chi connectivity index (χ0n) is 11.4. The number of hydrogen-bond acceptors (Lipinski definition) is 1. The second-order valence-corrected chi connectivity index (χ2v) is 15.4. The molecule has 0 bridgehead atoms. The standard InChI is InChI=1S/C12H29NSi2/c1-6-13-14(7-2,8-3)11-12-15(13,9-4)10-5/h6-12H2,1-5H3. The summed E-state index contributed by atoms with van der Waals surface area (Å²) < 4.78 is 3.11. The molecule has 1 aliphatic rings. The van der Waals surface area contributed by atoms with Crippen molar-refractivity contribution in [3.05, 3.63) is 0 Å². The van der Waals surface area contributed by atoms with Crippen LogP contribution in [0.25, 0.3) is 0 Å². The molecule has 90 valence electrons. The highest BCUT2D eigenvalue weighted by Gasteiger charge is 2.52. The topological polar surface area (TPSA) is 3.24 Å². The highest BCUT2D eigenvalue weighted by atomic mass is 28.4. The van der Waals surface area contributed by atoms with Gasteiger partial charge < -0.3 is 4.23 Å². The molecule has 1 rings (SSSR count). The van der Waals surface area contributed by atoms with Crippen LogP contribution in [-0.4, -0.2) is 27.2 Å². The Bertz CT molecular complexity index is 178. The lowest BCUT2D eigenvalue weighted by atomic mass is 10.8. The predicted octanol–water partition coefficient (Wildman–Crippen LogP) is 4.29. The Morgan fingerprint density at radius 3 is 1.27 bits per heavy atom. The minimum atomic E-state index is -0.992. The Morgan fingerprint density at radius 1 is 0.733 bits per heavy atom. The molecule has 0 amide bonds. The summed E-state index contributed by atoms with van der Waals surface area (Å²) in [6, 6.07) is 9.19. The number of nitrogens with zero attached hydrogens (tertiary/aromatic N) is 1. The molecule has 1 nitrogen and oxygen atoms in total. The van der Waals surface area contributed by atoms with E-state index < -0.39 is 16.5 Å². The van der Waals surface area contributed by atoms with Crippen LogP contribution in [0.2, 0.25) is 36.3 Å². The van der Waals surface area contributed by atoms with Gasteiger partial charge in [-0.25, -0.2) is 0 Å². The van der Waals surface area contributed by atoms with Crippen LogP contribution in [0.5, 0.6) is 0 Å². The molecule has 0 radical (unpaired) electrons. The SMILES string of the molecule is CCN1[Si](CC)(CC)CC[Si]1(CC)CC. The average Bonchev–Trinajstić information content (AvgIpc) is 2.63. The molecule has 1 aliphatic heterocycles. The molecule has 0 spiro atoms. The molecule has 0 atom stereocenters. The Morgan fingerprint density at radius 2 is 1.07 bits per heavy atom. The Balaban J connectivity index is 2.98. The van der Waals surface area contributed by atoms with Crippen LogP contribution in [-0.2, 0) is 0 Å². The molecule has 15 heavy (non-hydrogen) atoms. The first-order valence-corrected chi connectivity index (χ1v) is 12.1. The van der Waals surface area contributed by atoms with Crippen LogP contribution >= 0.6 is 0 Å². The first kappa shape index (κ1) is 13.5. The Hall–Kier alpha value is 0.394. The average molecular weight is 244 g/mol. The smallest absolute Gasteiger partial charge is 0.121 e. The molecule has 0 aromatic rings. The number of hydrogen-bond donors (Lipinski definition) is 0. The fourth-order valence-corrected chi connectivity index (χ4v) is 20.0. The van der Waals surface area contributed by atoms with Crippen molar-refractivity contribution >= 4 is 16.5 Å². The molecule has 1 fully saturated rings. The summed E-state index contributed by atoms with van der Waals surface area (Å²) in [6.45, 7) is 13.6. The fourth-order valence-electron chi connectivity index (χ4n) is 3.88. The minimum Gasteiger partial charge on any atom is -0.345 e. The van der Waals surface area contributed by atoms with Gasteiger partial charge in [0.05, 0.1) is 0 Å². The number of rotatable bonds is 5. The molecule has 0 aliphatic carbocycles. The fraction of sp³-hybridized carbons (Fsp3) is 1.00. The zero-order chi connectivity index (χ0) is 11.5. The van der Waals surface area contributed by atoms with Gasteiger partial charge >= 0.3 is 0 Å². The third-order valence-electron chi connectivity index (χ3n) is 5.15. The molecule has 3 heteroatoms. The molecule has 0 N–H and O–H groups in total. The van der Waals surface area contributed by atoms with E-state index in [0.717, 1.165) is 0 Å². The summed E-state index contributed by atoms with van der Waals surface area (Å²) in [4.78, 5) is 0. The van der Waals surface area contributed by atoms with Crippen molar-refractivity contribution in [1.29, 1.82) is 0 Å². The van der Waals surface area contributed by atoms with E-state index in [2.05, 4.69) is 38.8 Å². The molecule has 0 aromatic heterocycles. The van der Waals surface area contributed by atoms with Gasteiger partial charge in [0.1, 0.15) is 16.5 Å². The first-order valence-electron chi connectivity index (χ1n) is 6.92. The van der Waals surface area contributed by atoms with Crippen molar-refractivity contribution < 1.29 is 0 Å². The lowest BCUT2D eigenvalue weighted by Crippen LogP contribution is -2.59. The summed E-state index contributed by atoms with van der Waals surface area (Å²) >= 11 is 0. The van der Waals surface area contributed by atoms with E-state index in [4.69, 9.17) is 0 Å². The van der Waals surface area contributed by atoms with Gasteiger partial charge in [0.2, 0.25) is 0 Å². The van der Waals surface area contributed by atoms with Crippen LogP contribution < -0.4 is 0 Å². The predicted molar refractivity (Wildman–Crippen MR) is 75.4 cm³/mol. The molecule has 0 aromatic carbocycles. The van der Waals surface area contributed by atoms with Crippen molar-refractivity contribution in [3.63, 3.8) is 0 Å². The maximum Gasteiger partial charge on any atom is 0.121 e. The first-order chi connectivity index (χ1) is 7.14. The lowest BCUT2D eigenvalue weighted by Gasteiger charge is -2.44. The quantitative estimate of drug-likeness (QED) is 0.651. The van der Waals surface area contributed by atoms with Crippen LogP contribution in [0.3, 0.4) is 0 Å². The highest BCUT2D eigenvalue weighted by Crippen LogP contribution is 2.44. The zero-order valence-corrected chi connectivity index (χ0v) is 13.4. The van der Waals surface area contributed by atoms with Crippen molar-refractivity contribution in [1.82, 2.24) is 4.23 Å². The molecule has 1 heterocycles. The van der Waals surface area contributed by atoms with Gasteiger partial charge in [-0.15, -0.1) is 0 Å². The maximum atomic E-state index is 3.11. The molecular weight excluding hydrogens is 214 g/mol. The van der Waals surface area contributed by atoms with Crippen molar-refractivity contribution in [2.45, 2.75) is 70.9 Å². The molecule has 0 unspecified atom stereocenters. The van der Waals surface area contributed by atoms with E-state index in [1.165, 1.54) is 30.7 Å². The largest absolute Gasteiger partial charge is 0.345 e. The normalized spacial score (nSPS) is 24.6. The minimum absolute atomic E-state index is 0.992. The van der Waals surface area contributed by atoms with Gasteiger partial charge in [-0.2, -0.15) is 0 Å². The summed E-state index contributed by atoms with van der Waals surface area (Å²) in [5.74, 6) is 0. The molecular formula is C12H29NSi2. The summed E-state index contributed by atoms with van der Waals surface area (Å²) in [5.41, 5.74) is 0. The monoisotopic (exact) mass is 243 g/mol. The summed E-state index contributed by atoms with van der Waals surface area (Å²) in [5, 5.41) is 0. The second-order valence-electron chi connectivity index (χ2n) is 5.11. The van der Waals surface area contributed by atoms with E-state index in [0.29, 0.717) is 0 Å². The lowest BCUT2D eigenvalue weighted by molar-refractivity contribution is 0.635. The van der Waals surface area contributed by atoms with Gasteiger partial charge in [0, 0.05) is 0 Å². The summed E-state index contributed by atoms with van der Waals surface area (Å²) in [6.07, 6.45) is 0. The van der Waals surface area contributed by atoms with E-state index in [1.807, 2.05) is 0 Å². The van der Waals surface area contributed by atoms with Gasteiger partial charge in [-0.3, -0.25) is 0 Å². The molecule has 1 saturated heterocycles. The van der Waals surface area contributed by atoms with Crippen molar-refractivity contribution in [2.24, 2.45) is 0 Å². The van der Waals surface area contributed by atoms with Gasteiger partial charge in [0.25, 0.3) is 0 Å². The van der Waals surface area contributed by atoms with E-state index in [-0.39, 0.29) is 0 Å². The Kier molecular flexibility index (Phi) is 4.62. The molecule has 0 saturated carbocycles. The second kappa shape index (κ2) is 5.15. The summed E-state index contributed by atoms with van der Waals surface area (Å²) in [7, 11) is -1.98. The third kappa shape index (κ3) is 1.98. The van der Waals surface area contributed by atoms with Crippen LogP contribution in [0.15, 0.2) is 0 Å². The van der Waals surface area contributed by atoms with E-state index in [9.17, 15) is 0 Å². The van der Waals surface area contributed by atoms with Crippen LogP contribution in [0.1, 0.15) is 34.6 Å². The van der Waals surface area contributed by atoms with Gasteiger partial charge in [-0.1, -0.05) is 34.6 Å². The van der Waals surface area contributed by atoms with Crippen molar-refractivity contribution in [2.75, 3.05) is 6.54 Å². The Labute approximate surface area is 98.4 Å². The van der Waals surface area contributed by atoms with Crippen LogP contribution in [0, 0.1) is 0 Å². The highest BCUT2D eigenvalue weighted by molar-refractivity contribution is 6.97. The van der Waals surface area contributed by atoms with Crippen LogP contribution in [0.4, 0.5) is 0 Å². The third-order valence-corrected chi connectivity index (χ3v) is 19.0. The van der Waals surface area contributed by atoms with Gasteiger partial charge in [-0.05, 0) is 42.8 Å². The van der Waals surface area contributed by atoms with E-state index in [1.54, 1.807) is 12.1 Å². The maximum absolute atomic E-state index is 3.11. The van der Waals surface area contributed by atoms with Gasteiger partial charge in [0.15, 0.2) is 0 Å².